The van der Waals surface area contributed by atoms with Crippen molar-refractivity contribution in [1.82, 2.24) is 14.7 Å². The van der Waals surface area contributed by atoms with E-state index >= 15 is 0 Å². The number of nitrogens with zero attached hydrogens (tertiary/aromatic N) is 3. The van der Waals surface area contributed by atoms with Crippen molar-refractivity contribution in [2.45, 2.75) is 19.3 Å². The number of likely N-dealkylation sites (tertiary alicyclic amines) is 1. The maximum absolute atomic E-state index is 11.6. The van der Waals surface area contributed by atoms with Gasteiger partial charge >= 0.3 is 0 Å². The summed E-state index contributed by atoms with van der Waals surface area (Å²) in [6, 6.07) is 0. The second-order valence-corrected chi connectivity index (χ2v) is 5.36. The summed E-state index contributed by atoms with van der Waals surface area (Å²) in [7, 11) is 1.61. The molecule has 2 heterocycles. The summed E-state index contributed by atoms with van der Waals surface area (Å²) in [5, 5.41) is 7.11. The van der Waals surface area contributed by atoms with Crippen molar-refractivity contribution in [3.8, 4) is 0 Å². The third-order valence-electron chi connectivity index (χ3n) is 3.17. The van der Waals surface area contributed by atoms with Gasteiger partial charge in [-0.1, -0.05) is 0 Å². The molecule has 1 aliphatic rings. The van der Waals surface area contributed by atoms with E-state index in [0.29, 0.717) is 23.1 Å². The molecule has 0 radical (unpaired) electrons. The summed E-state index contributed by atoms with van der Waals surface area (Å²) < 4.78 is 1.76. The third kappa shape index (κ3) is 3.34. The van der Waals surface area contributed by atoms with E-state index in [-0.39, 0.29) is 11.5 Å². The molecule has 104 valence electrons. The zero-order chi connectivity index (χ0) is 13.8. The molecule has 0 saturated carbocycles. The number of amides is 1. The van der Waals surface area contributed by atoms with Gasteiger partial charge in [-0.15, -0.1) is 0 Å². The first-order valence-corrected chi connectivity index (χ1v) is 7.12. The van der Waals surface area contributed by atoms with Gasteiger partial charge in [0.25, 0.3) is 5.56 Å². The van der Waals surface area contributed by atoms with Crippen LogP contribution in [0.2, 0.25) is 0 Å². The molecular weight excluding hydrogens is 312 g/mol. The highest BCUT2D eigenvalue weighted by Crippen LogP contribution is 2.16. The second-order valence-electron chi connectivity index (χ2n) is 4.57. The number of halogens is 1. The number of aryl methyl sites for hydroxylation is 1. The molecule has 1 aromatic rings. The number of carbonyl (C=O) groups is 1. The predicted molar refractivity (Wildman–Crippen MR) is 76.1 cm³/mol. The van der Waals surface area contributed by atoms with Crippen molar-refractivity contribution < 1.29 is 4.79 Å². The summed E-state index contributed by atoms with van der Waals surface area (Å²) in [6.07, 6.45) is 4.12. The van der Waals surface area contributed by atoms with Crippen molar-refractivity contribution >= 4 is 27.5 Å². The van der Waals surface area contributed by atoms with Gasteiger partial charge < -0.3 is 10.2 Å². The van der Waals surface area contributed by atoms with E-state index in [1.54, 1.807) is 13.2 Å². The first kappa shape index (κ1) is 14.0. The highest BCUT2D eigenvalue weighted by atomic mass is 79.9. The van der Waals surface area contributed by atoms with E-state index in [0.717, 1.165) is 25.9 Å². The van der Waals surface area contributed by atoms with Gasteiger partial charge in [-0.3, -0.25) is 9.59 Å². The van der Waals surface area contributed by atoms with Crippen LogP contribution in [0.5, 0.6) is 0 Å². The SMILES string of the molecule is Cn1ncc(NCCCN2CCCC2=O)c(Br)c1=O. The van der Waals surface area contributed by atoms with Crippen molar-refractivity contribution in [3.05, 3.63) is 21.0 Å². The Bertz CT molecular complexity index is 529. The quantitative estimate of drug-likeness (QED) is 0.818. The van der Waals surface area contributed by atoms with Gasteiger partial charge in [-0.2, -0.15) is 5.10 Å². The number of carbonyl (C=O) groups excluding carboxylic acids is 1. The largest absolute Gasteiger partial charge is 0.383 e. The fourth-order valence-corrected chi connectivity index (χ4v) is 2.57. The molecule has 1 N–H and O–H groups in total. The molecule has 1 amide bonds. The summed E-state index contributed by atoms with van der Waals surface area (Å²) in [4.78, 5) is 24.9. The molecule has 0 aromatic carbocycles. The van der Waals surface area contributed by atoms with Crippen LogP contribution in [0.3, 0.4) is 0 Å². The molecule has 7 heteroatoms. The highest BCUT2D eigenvalue weighted by molar-refractivity contribution is 9.10. The van der Waals surface area contributed by atoms with Crippen LogP contribution in [-0.4, -0.2) is 40.2 Å². The molecule has 0 bridgehead atoms. The second kappa shape index (κ2) is 6.18. The Hall–Kier alpha value is -1.37. The van der Waals surface area contributed by atoms with Gasteiger partial charge in [-0.25, -0.2) is 4.68 Å². The number of rotatable bonds is 5. The third-order valence-corrected chi connectivity index (χ3v) is 3.94. The number of nitrogens with one attached hydrogen (secondary N) is 1. The standard InChI is InChI=1S/C12H17BrN4O2/c1-16-12(19)11(13)9(8-15-16)14-5-3-7-17-6-2-4-10(17)18/h8,14H,2-7H2,1H3. The van der Waals surface area contributed by atoms with Crippen LogP contribution < -0.4 is 10.9 Å². The Morgan fingerprint density at radius 1 is 1.47 bits per heavy atom. The highest BCUT2D eigenvalue weighted by Gasteiger charge is 2.18. The summed E-state index contributed by atoms with van der Waals surface area (Å²) in [5.74, 6) is 0.247. The Labute approximate surface area is 119 Å². The molecule has 1 aliphatic heterocycles. The minimum absolute atomic E-state index is 0.167. The minimum atomic E-state index is -0.167. The van der Waals surface area contributed by atoms with E-state index in [2.05, 4.69) is 26.3 Å². The number of aromatic nitrogens is 2. The smallest absolute Gasteiger partial charge is 0.282 e. The number of hydrogen-bond donors (Lipinski definition) is 1. The Kier molecular flexibility index (Phi) is 4.57. The lowest BCUT2D eigenvalue weighted by Gasteiger charge is -2.15. The lowest BCUT2D eigenvalue weighted by atomic mass is 10.3. The summed E-state index contributed by atoms with van der Waals surface area (Å²) in [6.45, 7) is 2.34. The molecule has 6 nitrogen and oxygen atoms in total. The van der Waals surface area contributed by atoms with Crippen molar-refractivity contribution in [1.29, 1.82) is 0 Å². The topological polar surface area (TPSA) is 67.2 Å². The van der Waals surface area contributed by atoms with Crippen molar-refractivity contribution in [2.75, 3.05) is 25.0 Å². The van der Waals surface area contributed by atoms with E-state index in [9.17, 15) is 9.59 Å². The lowest BCUT2D eigenvalue weighted by molar-refractivity contribution is -0.127. The normalized spacial score (nSPS) is 15.1. The summed E-state index contributed by atoms with van der Waals surface area (Å²) in [5.41, 5.74) is 0.524. The molecule has 0 unspecified atom stereocenters. The number of anilines is 1. The minimum Gasteiger partial charge on any atom is -0.383 e. The van der Waals surface area contributed by atoms with E-state index in [1.165, 1.54) is 4.68 Å². The molecule has 1 saturated heterocycles. The van der Waals surface area contributed by atoms with Gasteiger partial charge in [0.15, 0.2) is 0 Å². The molecular formula is C12H17BrN4O2. The average molecular weight is 329 g/mol. The zero-order valence-corrected chi connectivity index (χ0v) is 12.4. The van der Waals surface area contributed by atoms with Crippen LogP contribution in [0.4, 0.5) is 5.69 Å². The predicted octanol–water partition coefficient (Wildman–Crippen LogP) is 0.967. The van der Waals surface area contributed by atoms with Crippen LogP contribution in [0, 0.1) is 0 Å². The van der Waals surface area contributed by atoms with Crippen LogP contribution in [0.25, 0.3) is 0 Å². The van der Waals surface area contributed by atoms with Crippen LogP contribution in [0.15, 0.2) is 15.5 Å². The Morgan fingerprint density at radius 2 is 2.26 bits per heavy atom. The molecule has 19 heavy (non-hydrogen) atoms. The van der Waals surface area contributed by atoms with E-state index in [4.69, 9.17) is 0 Å². The monoisotopic (exact) mass is 328 g/mol. The van der Waals surface area contributed by atoms with E-state index < -0.39 is 0 Å². The first-order chi connectivity index (χ1) is 9.09. The van der Waals surface area contributed by atoms with Gasteiger partial charge in [0, 0.05) is 33.1 Å². The Balaban J connectivity index is 1.81. The molecule has 0 atom stereocenters. The summed E-state index contributed by atoms with van der Waals surface area (Å²) >= 11 is 3.26. The molecule has 1 aromatic heterocycles. The van der Waals surface area contributed by atoms with Crippen LogP contribution in [-0.2, 0) is 11.8 Å². The van der Waals surface area contributed by atoms with Gasteiger partial charge in [0.2, 0.25) is 5.91 Å². The zero-order valence-electron chi connectivity index (χ0n) is 10.9. The first-order valence-electron chi connectivity index (χ1n) is 6.33. The van der Waals surface area contributed by atoms with Crippen LogP contribution >= 0.6 is 15.9 Å². The molecule has 0 aliphatic carbocycles. The molecule has 0 spiro atoms. The van der Waals surface area contributed by atoms with Gasteiger partial charge in [0.05, 0.1) is 11.9 Å². The fraction of sp³-hybridized carbons (Fsp3) is 0.583. The maximum atomic E-state index is 11.6. The van der Waals surface area contributed by atoms with Crippen molar-refractivity contribution in [2.24, 2.45) is 7.05 Å². The van der Waals surface area contributed by atoms with Gasteiger partial charge in [0.1, 0.15) is 4.47 Å². The Morgan fingerprint density at radius 3 is 2.95 bits per heavy atom. The number of hydrogen-bond acceptors (Lipinski definition) is 4. The van der Waals surface area contributed by atoms with Gasteiger partial charge in [-0.05, 0) is 28.8 Å². The van der Waals surface area contributed by atoms with Crippen molar-refractivity contribution in [3.63, 3.8) is 0 Å². The fourth-order valence-electron chi connectivity index (χ4n) is 2.07. The molecule has 2 rings (SSSR count). The lowest BCUT2D eigenvalue weighted by Crippen LogP contribution is -2.27. The maximum Gasteiger partial charge on any atom is 0.282 e. The van der Waals surface area contributed by atoms with E-state index in [1.807, 2.05) is 4.90 Å². The molecule has 1 fully saturated rings. The average Bonchev–Trinajstić information content (AvgIpc) is 2.80. The van der Waals surface area contributed by atoms with Crippen LogP contribution in [0.1, 0.15) is 19.3 Å².